The summed E-state index contributed by atoms with van der Waals surface area (Å²) in [4.78, 5) is 40.9. The number of aromatic hydroxyl groups is 2. The van der Waals surface area contributed by atoms with E-state index < -0.39 is 52.8 Å². The third kappa shape index (κ3) is 8.48. The molecule has 0 aliphatic heterocycles. The first kappa shape index (κ1) is 29.6. The number of ether oxygens (including phenoxy) is 1. The molecule has 1 heterocycles. The lowest BCUT2D eigenvalue weighted by Gasteiger charge is -2.16. The van der Waals surface area contributed by atoms with Crippen LogP contribution in [0, 0.1) is 29.6 Å². The number of nitrogens with zero attached hydrogens (tertiary/aromatic N) is 2. The van der Waals surface area contributed by atoms with E-state index in [0.717, 1.165) is 24.3 Å². The Morgan fingerprint density at radius 3 is 2.37 bits per heavy atom. The number of Topliss-reactive ketones (excluding diaryl/α,β-unsaturated/α-hetero) is 1. The van der Waals surface area contributed by atoms with Gasteiger partial charge < -0.3 is 25.1 Å². The number of halogens is 3. The summed E-state index contributed by atoms with van der Waals surface area (Å²) < 4.78 is 46.1. The first-order chi connectivity index (χ1) is 18.0. The van der Waals surface area contributed by atoms with Crippen molar-refractivity contribution in [2.45, 2.75) is 44.7 Å². The smallest absolute Gasteiger partial charge is 0.419 e. The number of aromatic nitrogens is 1. The van der Waals surface area contributed by atoms with Gasteiger partial charge in [-0.05, 0) is 31.4 Å². The molecule has 0 saturated heterocycles. The molecule has 38 heavy (non-hydrogen) atoms. The van der Waals surface area contributed by atoms with Crippen molar-refractivity contribution in [3.8, 4) is 35.9 Å². The lowest BCUT2D eigenvalue weighted by atomic mass is 10.0. The molecule has 1 unspecified atom stereocenters. The number of benzene rings is 1. The van der Waals surface area contributed by atoms with Gasteiger partial charge in [0, 0.05) is 43.1 Å². The predicted molar refractivity (Wildman–Crippen MR) is 126 cm³/mol. The second kappa shape index (κ2) is 13.6. The van der Waals surface area contributed by atoms with Crippen LogP contribution in [-0.2, 0) is 20.6 Å². The number of terminal acetylenes is 1. The molecule has 0 radical (unpaired) electrons. The minimum atomic E-state index is -4.75. The minimum Gasteiger partial charge on any atom is -0.493 e. The lowest BCUT2D eigenvalue weighted by molar-refractivity contribution is -0.145. The van der Waals surface area contributed by atoms with Crippen LogP contribution < -0.4 is 14.9 Å². The van der Waals surface area contributed by atoms with E-state index in [4.69, 9.17) is 21.3 Å². The Labute approximate surface area is 215 Å². The first-order valence-electron chi connectivity index (χ1n) is 11.3. The fourth-order valence-electron chi connectivity index (χ4n) is 3.16. The number of carbonyl (C=O) groups excluding carboxylic acids is 3. The van der Waals surface area contributed by atoms with E-state index in [1.807, 2.05) is 0 Å². The van der Waals surface area contributed by atoms with Gasteiger partial charge in [0.15, 0.2) is 11.7 Å². The number of hydrogen-bond acceptors (Lipinski definition) is 8. The van der Waals surface area contributed by atoms with Crippen LogP contribution in [0.1, 0.15) is 44.1 Å². The van der Waals surface area contributed by atoms with Crippen LogP contribution in [0.5, 0.6) is 17.5 Å². The maximum absolute atomic E-state index is 13.4. The number of anilines is 1. The highest BCUT2D eigenvalue weighted by molar-refractivity contribution is 6.09. The zero-order chi connectivity index (χ0) is 28.3. The summed E-state index contributed by atoms with van der Waals surface area (Å²) >= 11 is 0. The van der Waals surface area contributed by atoms with Crippen LogP contribution >= 0.6 is 0 Å². The predicted octanol–water partition coefficient (Wildman–Crippen LogP) is 3.57. The highest BCUT2D eigenvalue weighted by Crippen LogP contribution is 2.38. The second-order valence-corrected chi connectivity index (χ2v) is 7.90. The van der Waals surface area contributed by atoms with Gasteiger partial charge in [0.25, 0.3) is 0 Å². The van der Waals surface area contributed by atoms with Crippen LogP contribution in [0.4, 0.5) is 18.9 Å². The molecule has 0 saturated carbocycles. The molecule has 0 aliphatic rings. The maximum atomic E-state index is 13.4. The van der Waals surface area contributed by atoms with Crippen molar-refractivity contribution in [2.75, 3.05) is 11.9 Å². The summed E-state index contributed by atoms with van der Waals surface area (Å²) in [6, 6.07) is 6.42. The zero-order valence-electron chi connectivity index (χ0n) is 20.0. The average molecular weight is 535 g/mol. The monoisotopic (exact) mass is 535 g/mol. The molecule has 13 heteroatoms. The molecule has 10 nitrogen and oxygen atoms in total. The van der Waals surface area contributed by atoms with Crippen molar-refractivity contribution in [1.82, 2.24) is 4.73 Å². The van der Waals surface area contributed by atoms with Gasteiger partial charge in [0.1, 0.15) is 5.75 Å². The SMILES string of the molecule is C#CCCC(=O)C(C#N)C(=O)Nc1ccc(C(F)(F)F)c(OCCCCCC(=O)On2c(O)ccc2O)c1. The normalized spacial score (nSPS) is 11.6. The van der Waals surface area contributed by atoms with Gasteiger partial charge in [0.2, 0.25) is 17.7 Å². The second-order valence-electron chi connectivity index (χ2n) is 7.90. The highest BCUT2D eigenvalue weighted by Gasteiger charge is 2.35. The van der Waals surface area contributed by atoms with E-state index in [2.05, 4.69) is 11.2 Å². The minimum absolute atomic E-state index is 0.0318. The van der Waals surface area contributed by atoms with Crippen molar-refractivity contribution >= 4 is 23.3 Å². The number of ketones is 1. The number of alkyl halides is 3. The van der Waals surface area contributed by atoms with Crippen LogP contribution in [0.25, 0.3) is 0 Å². The van der Waals surface area contributed by atoms with E-state index in [1.54, 1.807) is 6.07 Å². The van der Waals surface area contributed by atoms with E-state index in [1.165, 1.54) is 0 Å². The van der Waals surface area contributed by atoms with E-state index in [0.29, 0.717) is 17.2 Å². The summed E-state index contributed by atoms with van der Waals surface area (Å²) in [5, 5.41) is 30.3. The molecular weight excluding hydrogens is 511 g/mol. The number of amides is 1. The third-order valence-corrected chi connectivity index (χ3v) is 5.06. The summed E-state index contributed by atoms with van der Waals surface area (Å²) in [5.41, 5.74) is -1.20. The zero-order valence-corrected chi connectivity index (χ0v) is 20.0. The van der Waals surface area contributed by atoms with E-state index in [-0.39, 0.29) is 44.4 Å². The summed E-state index contributed by atoms with van der Waals surface area (Å²) in [7, 11) is 0. The summed E-state index contributed by atoms with van der Waals surface area (Å²) in [6.45, 7) is -0.153. The molecule has 0 bridgehead atoms. The van der Waals surface area contributed by atoms with Gasteiger partial charge in [-0.3, -0.25) is 9.59 Å². The fraction of sp³-hybridized carbons (Fsp3) is 0.360. The molecule has 202 valence electrons. The van der Waals surface area contributed by atoms with Gasteiger partial charge in [-0.15, -0.1) is 17.1 Å². The summed E-state index contributed by atoms with van der Waals surface area (Å²) in [6.07, 6.45) is 0.990. The van der Waals surface area contributed by atoms with Crippen LogP contribution in [0.2, 0.25) is 0 Å². The molecular formula is C25H24F3N3O7. The Morgan fingerprint density at radius 2 is 1.76 bits per heavy atom. The van der Waals surface area contributed by atoms with E-state index in [9.17, 15) is 37.8 Å². The maximum Gasteiger partial charge on any atom is 0.419 e. The molecule has 3 N–H and O–H groups in total. The molecule has 0 spiro atoms. The van der Waals surface area contributed by atoms with Crippen molar-refractivity contribution < 1.29 is 47.3 Å². The van der Waals surface area contributed by atoms with Gasteiger partial charge in [-0.25, -0.2) is 4.79 Å². The molecule has 0 aliphatic carbocycles. The lowest BCUT2D eigenvalue weighted by Crippen LogP contribution is -2.28. The first-order valence-corrected chi connectivity index (χ1v) is 11.3. The van der Waals surface area contributed by atoms with Crippen molar-refractivity contribution in [3.05, 3.63) is 35.9 Å². The number of unbranched alkanes of at least 4 members (excludes halogenated alkanes) is 2. The summed E-state index contributed by atoms with van der Waals surface area (Å²) in [5.74, 6) is -3.43. The van der Waals surface area contributed by atoms with Crippen molar-refractivity contribution in [2.24, 2.45) is 5.92 Å². The molecule has 1 atom stereocenters. The fourth-order valence-corrected chi connectivity index (χ4v) is 3.16. The molecule has 1 aromatic heterocycles. The third-order valence-electron chi connectivity index (χ3n) is 5.06. The largest absolute Gasteiger partial charge is 0.493 e. The Morgan fingerprint density at radius 1 is 1.08 bits per heavy atom. The quantitative estimate of drug-likeness (QED) is 0.200. The number of hydrogen-bond donors (Lipinski definition) is 3. The number of nitrogens with one attached hydrogen (secondary N) is 1. The number of rotatable bonds is 13. The van der Waals surface area contributed by atoms with Gasteiger partial charge in [0.05, 0.1) is 18.2 Å². The van der Waals surface area contributed by atoms with Crippen molar-refractivity contribution in [1.29, 1.82) is 5.26 Å². The molecule has 2 aromatic rings. The Hall–Kier alpha value is -4.65. The molecule has 1 aromatic carbocycles. The molecule has 0 fully saturated rings. The van der Waals surface area contributed by atoms with Crippen molar-refractivity contribution in [3.63, 3.8) is 0 Å². The van der Waals surface area contributed by atoms with Gasteiger partial charge in [-0.2, -0.15) is 18.4 Å². The van der Waals surface area contributed by atoms with E-state index >= 15 is 0 Å². The highest BCUT2D eigenvalue weighted by atomic mass is 19.4. The van der Waals surface area contributed by atoms with Gasteiger partial charge >= 0.3 is 12.1 Å². The standard InChI is InChI=1S/C25H24F3N3O7/c1-2-3-7-19(32)17(15-29)24(36)30-16-9-10-18(25(26,27)28)20(14-16)37-13-6-4-5-8-23(35)38-31-21(33)11-12-22(31)34/h1,9-12,14,17,33-34H,3-8,13H2,(H,30,36). The Balaban J connectivity index is 1.93. The van der Waals surface area contributed by atoms with Crippen LogP contribution in [0.3, 0.4) is 0 Å². The van der Waals surface area contributed by atoms with Crippen LogP contribution in [-0.4, -0.2) is 39.2 Å². The number of nitriles is 1. The van der Waals surface area contributed by atoms with Gasteiger partial charge in [-0.1, -0.05) is 0 Å². The van der Waals surface area contributed by atoms with Crippen LogP contribution in [0.15, 0.2) is 30.3 Å². The Bertz CT molecular complexity index is 1220. The molecule has 2 rings (SSSR count). The average Bonchev–Trinajstić information content (AvgIpc) is 3.16. The molecule has 1 amide bonds. The Kier molecular flexibility index (Phi) is 10.6. The topological polar surface area (TPSA) is 151 Å². The number of carbonyl (C=O) groups is 3.